The van der Waals surface area contributed by atoms with Crippen LogP contribution in [-0.2, 0) is 27.1 Å². The lowest BCUT2D eigenvalue weighted by atomic mass is 9.36. The van der Waals surface area contributed by atoms with Crippen LogP contribution in [0, 0.1) is 0 Å². The second-order valence-electron chi connectivity index (χ2n) is 19.4. The van der Waals surface area contributed by atoms with E-state index in [2.05, 4.69) is 136 Å². The largest absolute Gasteiger partial charge is 0.457 e. The van der Waals surface area contributed by atoms with Crippen LogP contribution in [0.1, 0.15) is 130 Å². The van der Waals surface area contributed by atoms with Crippen LogP contribution in [0.4, 0.5) is 17.2 Å². The van der Waals surface area contributed by atoms with Gasteiger partial charge in [0.25, 0.3) is 6.71 Å². The van der Waals surface area contributed by atoms with Gasteiger partial charge in [0.1, 0.15) is 17.3 Å². The first-order chi connectivity index (χ1) is 23.4. The van der Waals surface area contributed by atoms with Crippen LogP contribution >= 0.6 is 11.3 Å². The average Bonchev–Trinajstić information content (AvgIpc) is 3.42. The van der Waals surface area contributed by atoms with Crippen LogP contribution in [-0.4, -0.2) is 11.7 Å². The molecule has 0 N–H and O–H groups in total. The van der Waals surface area contributed by atoms with Crippen molar-refractivity contribution in [3.63, 3.8) is 0 Å². The summed E-state index contributed by atoms with van der Waals surface area (Å²) in [6.07, 6.45) is 6.72. The van der Waals surface area contributed by atoms with Gasteiger partial charge in [-0.15, -0.1) is 11.3 Å². The van der Waals surface area contributed by atoms with Gasteiger partial charge >= 0.3 is 0 Å². The summed E-state index contributed by atoms with van der Waals surface area (Å²) in [4.78, 5) is 7.73. The van der Waals surface area contributed by atoms with E-state index in [0.29, 0.717) is 0 Å². The van der Waals surface area contributed by atoms with Crippen molar-refractivity contribution < 1.29 is 4.74 Å². The minimum atomic E-state index is 0.0540. The van der Waals surface area contributed by atoms with Gasteiger partial charge in [0, 0.05) is 37.9 Å². The summed E-state index contributed by atoms with van der Waals surface area (Å²) in [7, 11) is 0. The number of ether oxygens (including phenoxy) is 1. The van der Waals surface area contributed by atoms with Crippen LogP contribution in [0.5, 0.6) is 11.5 Å². The number of anilines is 3. The molecule has 50 heavy (non-hydrogen) atoms. The van der Waals surface area contributed by atoms with Gasteiger partial charge in [0.2, 0.25) is 0 Å². The predicted octanol–water partition coefficient (Wildman–Crippen LogP) is 10.7. The monoisotopic (exact) mass is 678 g/mol. The molecule has 5 aromatic rings. The Bertz CT molecular complexity index is 2270. The number of rotatable bonds is 1. The number of benzene rings is 3. The molecule has 9 rings (SSSR count). The van der Waals surface area contributed by atoms with E-state index in [9.17, 15) is 0 Å². The van der Waals surface area contributed by atoms with Crippen molar-refractivity contribution in [2.75, 3.05) is 4.90 Å². The molecule has 2 aliphatic heterocycles. The van der Waals surface area contributed by atoms with E-state index < -0.39 is 0 Å². The van der Waals surface area contributed by atoms with Crippen LogP contribution in [0.2, 0.25) is 0 Å². The number of fused-ring (bicyclic) bond motifs is 8. The van der Waals surface area contributed by atoms with Gasteiger partial charge in [-0.25, -0.2) is 4.98 Å². The fraction of sp³-hybridized carbons (Fsp3) is 0.444. The number of nitrogens with zero attached hydrogens (tertiary/aromatic N) is 2. The standard InChI is InChI=1S/C45H51BN2OS/c1-41(2,3)26-12-15-36-28(22-26)38-39(50-36)46-33-24-31-32(45(10,11)20-19-44(31,8)9)25-34(33)48(40-37(46)35(49-38)16-21-47-40)27-13-14-29-30(23-27)43(6,7)18-17-42(29,4)5/h12-16,21-25H,17-20H2,1-11H3. The molecule has 2 aliphatic carbocycles. The molecule has 4 aliphatic rings. The Labute approximate surface area is 303 Å². The first-order valence-electron chi connectivity index (χ1n) is 18.8. The Balaban J connectivity index is 1.35. The van der Waals surface area contributed by atoms with E-state index in [1.54, 1.807) is 0 Å². The lowest BCUT2D eigenvalue weighted by molar-refractivity contribution is 0.332. The molecule has 3 nitrogen and oxygen atoms in total. The molecule has 0 radical (unpaired) electrons. The third kappa shape index (κ3) is 4.50. The van der Waals surface area contributed by atoms with Crippen molar-refractivity contribution in [2.24, 2.45) is 0 Å². The second-order valence-corrected chi connectivity index (χ2v) is 20.5. The van der Waals surface area contributed by atoms with Crippen LogP contribution < -0.4 is 25.3 Å². The maximum atomic E-state index is 7.03. The maximum absolute atomic E-state index is 7.03. The number of hydrogen-bond acceptors (Lipinski definition) is 4. The van der Waals surface area contributed by atoms with Crippen molar-refractivity contribution >= 4 is 61.0 Å². The highest BCUT2D eigenvalue weighted by molar-refractivity contribution is 7.33. The first-order valence-corrected chi connectivity index (χ1v) is 19.6. The lowest BCUT2D eigenvalue weighted by Gasteiger charge is -2.46. The minimum Gasteiger partial charge on any atom is -0.457 e. The third-order valence-corrected chi connectivity index (χ3v) is 14.3. The topological polar surface area (TPSA) is 25.4 Å². The molecule has 0 saturated carbocycles. The summed E-state index contributed by atoms with van der Waals surface area (Å²) >= 11 is 1.90. The van der Waals surface area contributed by atoms with Crippen LogP contribution in [0.15, 0.2) is 60.8 Å². The van der Waals surface area contributed by atoms with E-state index in [4.69, 9.17) is 9.72 Å². The summed E-state index contributed by atoms with van der Waals surface area (Å²) in [5.74, 6) is 2.96. The highest BCUT2D eigenvalue weighted by Gasteiger charge is 2.48. The summed E-state index contributed by atoms with van der Waals surface area (Å²) in [5.41, 5.74) is 12.8. The SMILES string of the molecule is CC(C)(C)c1ccc2sc3c(c2c1)Oc1ccnc2c1B3c1cc3c(cc1N2c1ccc2c(c1)C(C)(C)CCC2(C)C)C(C)(C)CCC3(C)C. The van der Waals surface area contributed by atoms with E-state index in [0.717, 1.165) is 17.3 Å². The summed E-state index contributed by atoms with van der Waals surface area (Å²) in [5, 5.41) is 1.23. The van der Waals surface area contributed by atoms with E-state index in [-0.39, 0.29) is 33.8 Å². The molecule has 0 saturated heterocycles. The molecular weight excluding hydrogens is 627 g/mol. The molecule has 0 fully saturated rings. The molecular formula is C45H51BN2OS. The number of aromatic nitrogens is 1. The van der Waals surface area contributed by atoms with Crippen molar-refractivity contribution in [1.82, 2.24) is 4.98 Å². The number of pyridine rings is 1. The Morgan fingerprint density at radius 3 is 2.00 bits per heavy atom. The molecule has 0 spiro atoms. The molecule has 5 heteroatoms. The number of hydrogen-bond donors (Lipinski definition) is 0. The molecule has 2 aromatic heterocycles. The van der Waals surface area contributed by atoms with Gasteiger partial charge in [-0.1, -0.05) is 94.4 Å². The fourth-order valence-electron chi connectivity index (χ4n) is 9.51. The highest BCUT2D eigenvalue weighted by atomic mass is 32.1. The third-order valence-electron chi connectivity index (χ3n) is 13.1. The van der Waals surface area contributed by atoms with Crippen LogP contribution in [0.25, 0.3) is 10.1 Å². The molecule has 4 heterocycles. The Kier molecular flexibility index (Phi) is 6.51. The van der Waals surface area contributed by atoms with Crippen molar-refractivity contribution in [2.45, 2.75) is 129 Å². The smallest absolute Gasteiger partial charge is 0.271 e. The quantitative estimate of drug-likeness (QED) is 0.162. The normalized spacial score (nSPS) is 20.3. The van der Waals surface area contributed by atoms with Gasteiger partial charge in [-0.3, -0.25) is 4.90 Å². The summed E-state index contributed by atoms with van der Waals surface area (Å²) in [6, 6.07) is 21.6. The zero-order valence-corrected chi connectivity index (χ0v) is 32.7. The minimum absolute atomic E-state index is 0.0540. The zero-order chi connectivity index (χ0) is 35.3. The van der Waals surface area contributed by atoms with Gasteiger partial charge in [0.15, 0.2) is 0 Å². The Morgan fingerprint density at radius 1 is 0.720 bits per heavy atom. The predicted molar refractivity (Wildman–Crippen MR) is 215 cm³/mol. The summed E-state index contributed by atoms with van der Waals surface area (Å²) < 4.78 is 9.61. The molecule has 256 valence electrons. The molecule has 0 bridgehead atoms. The number of thiophene rings is 1. The first kappa shape index (κ1) is 32.3. The Hall–Kier alpha value is -3.57. The second kappa shape index (κ2) is 10.1. The Morgan fingerprint density at radius 2 is 1.34 bits per heavy atom. The van der Waals surface area contributed by atoms with E-state index in [1.807, 2.05) is 17.5 Å². The molecule has 0 amide bonds. The van der Waals surface area contributed by atoms with Gasteiger partial charge in [-0.2, -0.15) is 0 Å². The molecule has 0 atom stereocenters. The van der Waals surface area contributed by atoms with E-state index in [1.165, 1.54) is 90.7 Å². The van der Waals surface area contributed by atoms with Gasteiger partial charge in [0.05, 0.1) is 0 Å². The van der Waals surface area contributed by atoms with E-state index >= 15 is 0 Å². The zero-order valence-electron chi connectivity index (χ0n) is 31.9. The molecule has 3 aromatic carbocycles. The summed E-state index contributed by atoms with van der Waals surface area (Å²) in [6.45, 7) is 26.4. The van der Waals surface area contributed by atoms with Crippen molar-refractivity contribution in [1.29, 1.82) is 0 Å². The highest BCUT2D eigenvalue weighted by Crippen LogP contribution is 2.52. The van der Waals surface area contributed by atoms with Crippen molar-refractivity contribution in [3.8, 4) is 11.5 Å². The fourth-order valence-corrected chi connectivity index (χ4v) is 10.8. The van der Waals surface area contributed by atoms with Gasteiger partial charge < -0.3 is 4.74 Å². The van der Waals surface area contributed by atoms with Crippen molar-refractivity contribution in [3.05, 3.63) is 88.6 Å². The lowest BCUT2D eigenvalue weighted by Crippen LogP contribution is -2.59. The van der Waals surface area contributed by atoms with Crippen LogP contribution in [0.3, 0.4) is 0 Å². The van der Waals surface area contributed by atoms with Gasteiger partial charge in [-0.05, 0) is 122 Å². The maximum Gasteiger partial charge on any atom is 0.271 e. The average molecular weight is 679 g/mol. The molecule has 0 unspecified atom stereocenters.